The van der Waals surface area contributed by atoms with Crippen molar-refractivity contribution in [2.75, 3.05) is 11.3 Å². The van der Waals surface area contributed by atoms with Crippen LogP contribution in [0, 0.1) is 0 Å². The molecule has 1 atom stereocenters. The molecule has 1 aromatic carbocycles. The molecular formula is C12H14N4O3S. The monoisotopic (exact) mass is 294 g/mol. The molecule has 2 N–H and O–H groups in total. The number of aromatic nitrogens is 2. The van der Waals surface area contributed by atoms with E-state index < -0.39 is 10.0 Å². The second-order valence-corrected chi connectivity index (χ2v) is 6.20. The van der Waals surface area contributed by atoms with Gasteiger partial charge in [0.2, 0.25) is 5.89 Å². The largest absolute Gasteiger partial charge is 0.406 e. The van der Waals surface area contributed by atoms with Crippen LogP contribution < -0.4 is 10.0 Å². The summed E-state index contributed by atoms with van der Waals surface area (Å²) in [4.78, 5) is 0.152. The molecule has 20 heavy (non-hydrogen) atoms. The molecule has 0 radical (unpaired) electrons. The Morgan fingerprint density at radius 1 is 1.25 bits per heavy atom. The fourth-order valence-electron chi connectivity index (χ4n) is 2.09. The van der Waals surface area contributed by atoms with Crippen LogP contribution in [0.3, 0.4) is 0 Å². The van der Waals surface area contributed by atoms with Gasteiger partial charge in [0.1, 0.15) is 0 Å². The molecule has 1 saturated heterocycles. The average Bonchev–Trinajstić information content (AvgIpc) is 3.10. The molecule has 1 aromatic heterocycles. The van der Waals surface area contributed by atoms with Crippen molar-refractivity contribution < 1.29 is 12.8 Å². The Balaban J connectivity index is 1.78. The Morgan fingerprint density at radius 2 is 2.05 bits per heavy atom. The van der Waals surface area contributed by atoms with E-state index in [0.717, 1.165) is 19.4 Å². The van der Waals surface area contributed by atoms with Crippen molar-refractivity contribution in [1.82, 2.24) is 15.5 Å². The smallest absolute Gasteiger partial charge is 0.329 e. The number of hydrogen-bond donors (Lipinski definition) is 2. The zero-order valence-corrected chi connectivity index (χ0v) is 11.4. The minimum absolute atomic E-state index is 0.0116. The molecule has 3 rings (SSSR count). The van der Waals surface area contributed by atoms with Crippen LogP contribution in [0.25, 0.3) is 0 Å². The molecule has 1 aliphatic heterocycles. The Bertz CT molecular complexity index is 678. The van der Waals surface area contributed by atoms with Crippen LogP contribution in [-0.2, 0) is 10.0 Å². The summed E-state index contributed by atoms with van der Waals surface area (Å²) in [7, 11) is -3.69. The third-order valence-electron chi connectivity index (χ3n) is 3.07. The van der Waals surface area contributed by atoms with E-state index in [1.807, 2.05) is 0 Å². The summed E-state index contributed by atoms with van der Waals surface area (Å²) < 4.78 is 31.8. The molecule has 0 bridgehead atoms. The van der Waals surface area contributed by atoms with Crippen LogP contribution >= 0.6 is 0 Å². The van der Waals surface area contributed by atoms with Crippen molar-refractivity contribution in [3.8, 4) is 0 Å². The minimum Gasteiger partial charge on any atom is -0.406 e. The summed E-state index contributed by atoms with van der Waals surface area (Å²) >= 11 is 0. The van der Waals surface area contributed by atoms with Crippen LogP contribution in [0.5, 0.6) is 0 Å². The van der Waals surface area contributed by atoms with Crippen molar-refractivity contribution in [2.45, 2.75) is 23.8 Å². The number of nitrogens with zero attached hydrogens (tertiary/aromatic N) is 2. The van der Waals surface area contributed by atoms with E-state index in [2.05, 4.69) is 20.2 Å². The van der Waals surface area contributed by atoms with Gasteiger partial charge in [0.05, 0.1) is 10.9 Å². The van der Waals surface area contributed by atoms with Crippen molar-refractivity contribution in [2.24, 2.45) is 0 Å². The summed E-state index contributed by atoms with van der Waals surface area (Å²) in [5, 5.41) is 10.8. The second-order valence-electron chi connectivity index (χ2n) is 4.51. The van der Waals surface area contributed by atoms with Crippen molar-refractivity contribution >= 4 is 16.0 Å². The number of nitrogens with one attached hydrogen (secondary N) is 2. The molecule has 0 aliphatic carbocycles. The molecular weight excluding hydrogens is 280 g/mol. The lowest BCUT2D eigenvalue weighted by atomic mass is 10.2. The molecule has 1 unspecified atom stereocenters. The second kappa shape index (κ2) is 5.22. The van der Waals surface area contributed by atoms with E-state index >= 15 is 0 Å². The van der Waals surface area contributed by atoms with Gasteiger partial charge in [-0.05, 0) is 31.5 Å². The molecule has 0 amide bonds. The number of sulfonamides is 1. The molecule has 7 nitrogen and oxygen atoms in total. The Morgan fingerprint density at radius 3 is 2.75 bits per heavy atom. The van der Waals surface area contributed by atoms with Crippen molar-refractivity contribution in [1.29, 1.82) is 0 Å². The first-order valence-corrected chi connectivity index (χ1v) is 7.78. The summed E-state index contributed by atoms with van der Waals surface area (Å²) in [5.74, 6) is 0.410. The van der Waals surface area contributed by atoms with Gasteiger partial charge in [-0.1, -0.05) is 23.3 Å². The first-order chi connectivity index (χ1) is 9.65. The summed E-state index contributed by atoms with van der Waals surface area (Å²) in [6, 6.07) is 7.94. The lowest BCUT2D eigenvalue weighted by Crippen LogP contribution is -2.13. The van der Waals surface area contributed by atoms with Crippen LogP contribution in [0.1, 0.15) is 24.8 Å². The maximum atomic E-state index is 12.1. The van der Waals surface area contributed by atoms with Gasteiger partial charge in [-0.15, -0.1) is 5.10 Å². The van der Waals surface area contributed by atoms with Gasteiger partial charge in [0.25, 0.3) is 10.0 Å². The zero-order valence-electron chi connectivity index (χ0n) is 10.6. The van der Waals surface area contributed by atoms with E-state index in [9.17, 15) is 8.42 Å². The molecule has 0 spiro atoms. The molecule has 106 valence electrons. The maximum absolute atomic E-state index is 12.1. The number of hydrogen-bond acceptors (Lipinski definition) is 6. The van der Waals surface area contributed by atoms with E-state index in [1.165, 1.54) is 12.1 Å². The SMILES string of the molecule is O=S(=O)(Nc1nnc(C2CCCN2)o1)c1ccccc1. The minimum atomic E-state index is -3.69. The molecule has 8 heteroatoms. The average molecular weight is 294 g/mol. The first-order valence-electron chi connectivity index (χ1n) is 6.30. The third-order valence-corrected chi connectivity index (χ3v) is 4.41. The van der Waals surface area contributed by atoms with Gasteiger partial charge in [0, 0.05) is 0 Å². The van der Waals surface area contributed by atoms with Gasteiger partial charge in [-0.3, -0.25) is 0 Å². The summed E-state index contributed by atoms with van der Waals surface area (Å²) in [6.07, 6.45) is 1.95. The summed E-state index contributed by atoms with van der Waals surface area (Å²) in [5.41, 5.74) is 0. The van der Waals surface area contributed by atoms with Gasteiger partial charge in [0.15, 0.2) is 0 Å². The maximum Gasteiger partial charge on any atom is 0.329 e. The van der Waals surface area contributed by atoms with E-state index in [0.29, 0.717) is 5.89 Å². The van der Waals surface area contributed by atoms with Gasteiger partial charge in [-0.2, -0.15) is 0 Å². The van der Waals surface area contributed by atoms with Crippen molar-refractivity contribution in [3.05, 3.63) is 36.2 Å². The van der Waals surface area contributed by atoms with E-state index in [4.69, 9.17) is 4.42 Å². The predicted molar refractivity (Wildman–Crippen MR) is 71.5 cm³/mol. The quantitative estimate of drug-likeness (QED) is 0.882. The van der Waals surface area contributed by atoms with Gasteiger partial charge in [-0.25, -0.2) is 13.1 Å². The summed E-state index contributed by atoms with van der Waals surface area (Å²) in [6.45, 7) is 0.901. The molecule has 2 heterocycles. The fraction of sp³-hybridized carbons (Fsp3) is 0.333. The number of anilines is 1. The number of rotatable bonds is 4. The van der Waals surface area contributed by atoms with Gasteiger partial charge < -0.3 is 9.73 Å². The predicted octanol–water partition coefficient (Wildman–Crippen LogP) is 1.29. The van der Waals surface area contributed by atoms with Crippen LogP contribution in [-0.4, -0.2) is 25.2 Å². The zero-order chi connectivity index (χ0) is 14.0. The van der Waals surface area contributed by atoms with Gasteiger partial charge >= 0.3 is 6.01 Å². The van der Waals surface area contributed by atoms with E-state index in [1.54, 1.807) is 18.2 Å². The third kappa shape index (κ3) is 2.66. The molecule has 1 fully saturated rings. The lowest BCUT2D eigenvalue weighted by molar-refractivity contribution is 0.439. The standard InChI is InChI=1S/C12H14N4O3S/c17-20(18,9-5-2-1-3-6-9)16-12-15-14-11(19-12)10-7-4-8-13-10/h1-3,5-6,10,13H,4,7-8H2,(H,15,16). The lowest BCUT2D eigenvalue weighted by Gasteiger charge is -2.04. The Hall–Kier alpha value is -1.93. The molecule has 0 saturated carbocycles. The van der Waals surface area contributed by atoms with E-state index in [-0.39, 0.29) is 17.0 Å². The highest BCUT2D eigenvalue weighted by atomic mass is 32.2. The fourth-order valence-corrected chi connectivity index (χ4v) is 3.03. The highest BCUT2D eigenvalue weighted by Crippen LogP contribution is 2.23. The molecule has 1 aliphatic rings. The normalized spacial score (nSPS) is 19.1. The Labute approximate surface area is 116 Å². The topological polar surface area (TPSA) is 97.1 Å². The van der Waals surface area contributed by atoms with Crippen LogP contribution in [0.15, 0.2) is 39.6 Å². The highest BCUT2D eigenvalue weighted by Gasteiger charge is 2.23. The molecule has 2 aromatic rings. The van der Waals surface area contributed by atoms with Crippen molar-refractivity contribution in [3.63, 3.8) is 0 Å². The first kappa shape index (κ1) is 13.1. The van der Waals surface area contributed by atoms with Crippen LogP contribution in [0.2, 0.25) is 0 Å². The van der Waals surface area contributed by atoms with Crippen LogP contribution in [0.4, 0.5) is 6.01 Å². The number of benzene rings is 1. The Kier molecular flexibility index (Phi) is 3.41. The highest BCUT2D eigenvalue weighted by molar-refractivity contribution is 7.92.